The minimum Gasteiger partial charge on any atom is -0.492 e. The predicted octanol–water partition coefficient (Wildman–Crippen LogP) is 2.48. The monoisotopic (exact) mass is 334 g/mol. The maximum atomic E-state index is 12.0. The summed E-state index contributed by atoms with van der Waals surface area (Å²) in [6.07, 6.45) is 0.458. The van der Waals surface area contributed by atoms with E-state index in [4.69, 9.17) is 21.1 Å². The average molecular weight is 335 g/mol. The van der Waals surface area contributed by atoms with Crippen LogP contribution in [0.15, 0.2) is 18.2 Å². The van der Waals surface area contributed by atoms with Crippen LogP contribution in [0, 0.1) is 0 Å². The average Bonchev–Trinajstić information content (AvgIpc) is 2.47. The third-order valence-electron chi connectivity index (χ3n) is 2.88. The summed E-state index contributed by atoms with van der Waals surface area (Å²) in [7, 11) is 0. The van der Waals surface area contributed by atoms with Crippen LogP contribution in [0.3, 0.4) is 0 Å². The Balaban J connectivity index is 0.00000220. The lowest BCUT2D eigenvalue weighted by molar-refractivity contribution is -0.128. The van der Waals surface area contributed by atoms with E-state index in [0.717, 1.165) is 13.0 Å². The van der Waals surface area contributed by atoms with Gasteiger partial charge in [0.1, 0.15) is 11.9 Å². The third-order valence-corrected chi connectivity index (χ3v) is 3.18. The molecule has 1 atom stereocenters. The molecule has 1 aromatic rings. The number of halogens is 2. The van der Waals surface area contributed by atoms with Gasteiger partial charge in [0.2, 0.25) is 0 Å². The van der Waals surface area contributed by atoms with E-state index in [9.17, 15) is 4.79 Å². The first-order valence-electron chi connectivity index (χ1n) is 6.76. The maximum Gasteiger partial charge on any atom is 0.254 e. The Morgan fingerprint density at radius 1 is 1.57 bits per heavy atom. The standard InChI is InChI=1S/C14H19ClN2O3.ClH/c1-2-6-19-12-4-3-10(8-11(12)15)17-14(18)13-9-16-5-7-20-13;/h3-4,8,13,16H,2,5-7,9H2,1H3,(H,17,18);1H. The second-order valence-corrected chi connectivity index (χ2v) is 4.95. The van der Waals surface area contributed by atoms with E-state index in [0.29, 0.717) is 36.2 Å². The van der Waals surface area contributed by atoms with Crippen LogP contribution in [0.1, 0.15) is 13.3 Å². The van der Waals surface area contributed by atoms with Crippen molar-refractivity contribution in [3.63, 3.8) is 0 Å². The molecule has 1 saturated heterocycles. The SMILES string of the molecule is CCCOc1ccc(NC(=O)C2CNCCO2)cc1Cl.Cl. The Morgan fingerprint density at radius 2 is 2.38 bits per heavy atom. The van der Waals surface area contributed by atoms with E-state index < -0.39 is 6.10 Å². The largest absolute Gasteiger partial charge is 0.492 e. The lowest BCUT2D eigenvalue weighted by Crippen LogP contribution is -2.45. The Labute approximate surface area is 135 Å². The number of ether oxygens (including phenoxy) is 2. The number of carbonyl (C=O) groups excluding carboxylic acids is 1. The fourth-order valence-corrected chi connectivity index (χ4v) is 2.10. The van der Waals surface area contributed by atoms with E-state index in [1.54, 1.807) is 18.2 Å². The van der Waals surface area contributed by atoms with Crippen molar-refractivity contribution in [1.29, 1.82) is 0 Å². The molecule has 1 amide bonds. The molecule has 1 aliphatic rings. The number of amides is 1. The fraction of sp³-hybridized carbons (Fsp3) is 0.500. The van der Waals surface area contributed by atoms with Gasteiger partial charge in [0.25, 0.3) is 5.91 Å². The highest BCUT2D eigenvalue weighted by Gasteiger charge is 2.21. The zero-order chi connectivity index (χ0) is 14.4. The molecule has 1 aliphatic heterocycles. The summed E-state index contributed by atoms with van der Waals surface area (Å²) in [5.74, 6) is 0.456. The molecule has 0 radical (unpaired) electrons. The van der Waals surface area contributed by atoms with E-state index in [2.05, 4.69) is 10.6 Å². The number of anilines is 1. The van der Waals surface area contributed by atoms with Crippen LogP contribution < -0.4 is 15.4 Å². The highest BCUT2D eigenvalue weighted by molar-refractivity contribution is 6.32. The predicted molar refractivity (Wildman–Crippen MR) is 85.7 cm³/mol. The van der Waals surface area contributed by atoms with Gasteiger partial charge in [-0.15, -0.1) is 12.4 Å². The van der Waals surface area contributed by atoms with Crippen LogP contribution in [0.2, 0.25) is 5.02 Å². The van der Waals surface area contributed by atoms with Crippen LogP contribution in [0.5, 0.6) is 5.75 Å². The number of hydrogen-bond acceptors (Lipinski definition) is 4. The quantitative estimate of drug-likeness (QED) is 0.868. The molecule has 1 fully saturated rings. The van der Waals surface area contributed by atoms with Crippen molar-refractivity contribution >= 4 is 35.6 Å². The topological polar surface area (TPSA) is 59.6 Å². The van der Waals surface area contributed by atoms with Crippen molar-refractivity contribution in [2.24, 2.45) is 0 Å². The van der Waals surface area contributed by atoms with Gasteiger partial charge in [0, 0.05) is 18.8 Å². The number of hydrogen-bond donors (Lipinski definition) is 2. The minimum atomic E-state index is -0.460. The van der Waals surface area contributed by atoms with E-state index >= 15 is 0 Å². The van der Waals surface area contributed by atoms with Crippen LogP contribution >= 0.6 is 24.0 Å². The Morgan fingerprint density at radius 3 is 3.00 bits per heavy atom. The summed E-state index contributed by atoms with van der Waals surface area (Å²) >= 11 is 6.11. The van der Waals surface area contributed by atoms with Gasteiger partial charge in [-0.2, -0.15) is 0 Å². The molecule has 0 aromatic heterocycles. The lowest BCUT2D eigenvalue weighted by atomic mass is 10.2. The van der Waals surface area contributed by atoms with Crippen LogP contribution in [0.4, 0.5) is 5.69 Å². The first-order chi connectivity index (χ1) is 9.70. The molecular weight excluding hydrogens is 315 g/mol. The summed E-state index contributed by atoms with van der Waals surface area (Å²) < 4.78 is 10.9. The lowest BCUT2D eigenvalue weighted by Gasteiger charge is -2.22. The number of carbonyl (C=O) groups is 1. The molecule has 1 aromatic carbocycles. The highest BCUT2D eigenvalue weighted by Crippen LogP contribution is 2.27. The summed E-state index contributed by atoms with van der Waals surface area (Å²) in [5, 5.41) is 6.39. The molecule has 2 N–H and O–H groups in total. The van der Waals surface area contributed by atoms with Crippen molar-refractivity contribution in [3.8, 4) is 5.75 Å². The van der Waals surface area contributed by atoms with E-state index in [1.165, 1.54) is 0 Å². The molecule has 0 spiro atoms. The Bertz CT molecular complexity index is 466. The van der Waals surface area contributed by atoms with Crippen molar-refractivity contribution in [2.75, 3.05) is 31.6 Å². The van der Waals surface area contributed by atoms with Gasteiger partial charge < -0.3 is 20.1 Å². The fourth-order valence-electron chi connectivity index (χ4n) is 1.86. The van der Waals surface area contributed by atoms with Crippen LogP contribution in [-0.4, -0.2) is 38.3 Å². The van der Waals surface area contributed by atoms with Crippen LogP contribution in [-0.2, 0) is 9.53 Å². The van der Waals surface area contributed by atoms with Crippen LogP contribution in [0.25, 0.3) is 0 Å². The van der Waals surface area contributed by atoms with E-state index in [-0.39, 0.29) is 18.3 Å². The summed E-state index contributed by atoms with van der Waals surface area (Å²) in [4.78, 5) is 12.0. The summed E-state index contributed by atoms with van der Waals surface area (Å²) in [5.41, 5.74) is 0.637. The molecule has 0 saturated carbocycles. The van der Waals surface area contributed by atoms with Gasteiger partial charge in [-0.25, -0.2) is 0 Å². The van der Waals surface area contributed by atoms with Gasteiger partial charge in [-0.1, -0.05) is 18.5 Å². The zero-order valence-electron chi connectivity index (χ0n) is 11.9. The third kappa shape index (κ3) is 5.36. The number of rotatable bonds is 5. The second-order valence-electron chi connectivity index (χ2n) is 4.55. The van der Waals surface area contributed by atoms with Gasteiger partial charge in [-0.05, 0) is 24.6 Å². The smallest absolute Gasteiger partial charge is 0.254 e. The Kier molecular flexibility index (Phi) is 7.82. The number of nitrogens with one attached hydrogen (secondary N) is 2. The molecule has 118 valence electrons. The minimum absolute atomic E-state index is 0. The zero-order valence-corrected chi connectivity index (χ0v) is 13.4. The molecule has 5 nitrogen and oxygen atoms in total. The van der Waals surface area contributed by atoms with E-state index in [1.807, 2.05) is 6.92 Å². The summed E-state index contributed by atoms with van der Waals surface area (Å²) in [6.45, 7) is 4.49. The Hall–Kier alpha value is -1.01. The molecular formula is C14H20Cl2N2O3. The number of morpholine rings is 1. The van der Waals surface area contributed by atoms with Gasteiger partial charge >= 0.3 is 0 Å². The van der Waals surface area contributed by atoms with Crippen molar-refractivity contribution < 1.29 is 14.3 Å². The normalized spacial score (nSPS) is 17.7. The van der Waals surface area contributed by atoms with Gasteiger partial charge in [0.05, 0.1) is 18.2 Å². The molecule has 1 heterocycles. The molecule has 7 heteroatoms. The molecule has 0 bridgehead atoms. The summed E-state index contributed by atoms with van der Waals surface area (Å²) in [6, 6.07) is 5.21. The number of benzene rings is 1. The molecule has 1 unspecified atom stereocenters. The first kappa shape index (κ1) is 18.0. The molecule has 2 rings (SSSR count). The van der Waals surface area contributed by atoms with Crippen molar-refractivity contribution in [2.45, 2.75) is 19.4 Å². The highest BCUT2D eigenvalue weighted by atomic mass is 35.5. The maximum absolute atomic E-state index is 12.0. The van der Waals surface area contributed by atoms with Gasteiger partial charge in [0.15, 0.2) is 0 Å². The second kappa shape index (κ2) is 9.10. The first-order valence-corrected chi connectivity index (χ1v) is 7.14. The molecule has 0 aliphatic carbocycles. The van der Waals surface area contributed by atoms with Crippen molar-refractivity contribution in [1.82, 2.24) is 5.32 Å². The van der Waals surface area contributed by atoms with Gasteiger partial charge in [-0.3, -0.25) is 4.79 Å². The molecule has 21 heavy (non-hydrogen) atoms. The van der Waals surface area contributed by atoms with Crippen molar-refractivity contribution in [3.05, 3.63) is 23.2 Å².